The van der Waals surface area contributed by atoms with Crippen molar-refractivity contribution in [3.05, 3.63) is 0 Å². The fraction of sp³-hybridized carbons (Fsp3) is 0.924. The Kier molecular flexibility index (Phi) is 43.5. The number of hydrogen-bond donors (Lipinski definition) is 37. The Morgan fingerprint density at radius 2 is 0.704 bits per heavy atom. The molecule has 10 heterocycles. The lowest BCUT2D eigenvalue weighted by molar-refractivity contribution is -0.400. The zero-order valence-corrected chi connectivity index (χ0v) is 76.6. The number of carbonyl (C=O) groups excluding carboxylic acids is 5. The predicted octanol–water partition coefficient (Wildman–Crippen LogP) is -24.4. The minimum atomic E-state index is -3.35. The summed E-state index contributed by atoms with van der Waals surface area (Å²) in [4.78, 5) is 77.8. The molecule has 10 aliphatic heterocycles. The molecule has 822 valence electrons. The number of carbonyl (C=O) groups is 6. The molecule has 0 aromatic heterocycles. The zero-order chi connectivity index (χ0) is 105. The van der Waals surface area contributed by atoms with Crippen LogP contribution >= 0.6 is 0 Å². The molecule has 0 aromatic carbocycles. The summed E-state index contributed by atoms with van der Waals surface area (Å²) >= 11 is 0. The third-order valence-corrected chi connectivity index (χ3v) is 25.6. The minimum absolute atomic E-state index is 0.834. The van der Waals surface area contributed by atoms with Gasteiger partial charge >= 0.3 is 5.97 Å². The average molecular weight is 2080 g/mol. The molecule has 5 amide bonds. The quantitative estimate of drug-likeness (QED) is 0.0270. The summed E-state index contributed by atoms with van der Waals surface area (Å²) in [5.41, 5.74) is 0. The van der Waals surface area contributed by atoms with Crippen molar-refractivity contribution < 1.29 is 287 Å². The summed E-state index contributed by atoms with van der Waals surface area (Å²) in [7, 11) is 0. The molecule has 0 aliphatic carbocycles. The molecule has 10 saturated heterocycles. The van der Waals surface area contributed by atoms with Crippen LogP contribution in [0.2, 0.25) is 0 Å². The Labute approximate surface area is 804 Å². The lowest BCUT2D eigenvalue weighted by Gasteiger charge is -2.51. The third kappa shape index (κ3) is 26.8. The van der Waals surface area contributed by atoms with Crippen LogP contribution in [0.3, 0.4) is 0 Å². The lowest BCUT2D eigenvalue weighted by atomic mass is 9.88. The molecule has 10 aliphatic rings. The number of nitrogens with one attached hydrogen (secondary N) is 5. The molecule has 63 heteroatoms. The van der Waals surface area contributed by atoms with E-state index in [9.17, 15) is 192 Å². The van der Waals surface area contributed by atoms with Gasteiger partial charge < -0.3 is 285 Å². The maximum atomic E-state index is 13.4. The van der Waals surface area contributed by atoms with E-state index in [0.717, 1.165) is 34.6 Å². The molecule has 10 fully saturated rings. The first-order valence-corrected chi connectivity index (χ1v) is 45.1. The molecule has 142 heavy (non-hydrogen) atoms. The summed E-state index contributed by atoms with van der Waals surface area (Å²) in [6, 6.07) is -9.90. The fourth-order valence-corrected chi connectivity index (χ4v) is 18.0. The van der Waals surface area contributed by atoms with E-state index in [2.05, 4.69) is 26.6 Å². The maximum absolute atomic E-state index is 13.4. The molecule has 10 rings (SSSR count). The van der Waals surface area contributed by atoms with E-state index in [0.29, 0.717) is 0 Å². The first-order valence-electron chi connectivity index (χ1n) is 45.1. The summed E-state index contributed by atoms with van der Waals surface area (Å²) in [6.45, 7) is -7.67. The number of carboxylic acid groups (broad SMARTS) is 1. The van der Waals surface area contributed by atoms with Gasteiger partial charge in [0.2, 0.25) is 29.5 Å². The summed E-state index contributed by atoms with van der Waals surface area (Å²) in [5, 5.41) is 372. The zero-order valence-electron chi connectivity index (χ0n) is 76.6. The second kappa shape index (κ2) is 52.0. The maximum Gasteiger partial charge on any atom is 0.364 e. The van der Waals surface area contributed by atoms with E-state index < -0.39 is 451 Å². The number of aliphatic hydroxyl groups is 31. The van der Waals surface area contributed by atoms with Crippen LogP contribution in [0.4, 0.5) is 0 Å². The Bertz CT molecular complexity index is 3950. The van der Waals surface area contributed by atoms with Crippen LogP contribution in [0.15, 0.2) is 0 Å². The number of carboxylic acids is 1. The highest BCUT2D eigenvalue weighted by Gasteiger charge is 2.64. The van der Waals surface area contributed by atoms with Crippen LogP contribution in [0, 0.1) is 0 Å². The topological polar surface area (TPSA) is 995 Å². The molecule has 37 N–H and O–H groups in total. The highest BCUT2D eigenvalue weighted by Crippen LogP contribution is 2.43. The van der Waals surface area contributed by atoms with E-state index in [1.807, 2.05) is 0 Å². The van der Waals surface area contributed by atoms with Gasteiger partial charge in [0.05, 0.1) is 97.0 Å². The summed E-state index contributed by atoms with van der Waals surface area (Å²) in [6.07, 6.45) is -110. The van der Waals surface area contributed by atoms with Gasteiger partial charge in [-0.3, -0.25) is 24.0 Å². The molecule has 0 bridgehead atoms. The number of aliphatic carboxylic acids is 1. The number of aliphatic hydroxyl groups excluding tert-OH is 31. The van der Waals surface area contributed by atoms with Crippen LogP contribution in [0.1, 0.15) is 48.0 Å². The van der Waals surface area contributed by atoms with Crippen molar-refractivity contribution in [3.8, 4) is 0 Å². The Balaban J connectivity index is 0.991. The normalized spacial score (nSPS) is 45.7. The average Bonchev–Trinajstić information content (AvgIpc) is 0.751. The Morgan fingerprint density at radius 3 is 1.15 bits per heavy atom. The Morgan fingerprint density at radius 1 is 0.338 bits per heavy atom. The largest absolute Gasteiger partial charge is 0.477 e. The van der Waals surface area contributed by atoms with Crippen molar-refractivity contribution in [2.75, 3.05) is 72.7 Å². The van der Waals surface area contributed by atoms with Crippen molar-refractivity contribution >= 4 is 35.5 Å². The smallest absolute Gasteiger partial charge is 0.364 e. The third-order valence-electron chi connectivity index (χ3n) is 25.6. The molecule has 55 atom stereocenters. The van der Waals surface area contributed by atoms with E-state index in [1.54, 1.807) is 0 Å². The van der Waals surface area contributed by atoms with Gasteiger partial charge in [-0.05, 0) is 6.92 Å². The number of hydrogen-bond acceptors (Lipinski definition) is 57. The minimum Gasteiger partial charge on any atom is -0.477 e. The van der Waals surface area contributed by atoms with Gasteiger partial charge in [0.15, 0.2) is 56.6 Å². The Hall–Kier alpha value is -5.22. The van der Waals surface area contributed by atoms with Gasteiger partial charge in [0.25, 0.3) is 5.79 Å². The molecule has 0 radical (unpaired) electrons. The summed E-state index contributed by atoms with van der Waals surface area (Å²) in [5.74, 6) is -10.5. The van der Waals surface area contributed by atoms with Crippen LogP contribution in [0.5, 0.6) is 0 Å². The van der Waals surface area contributed by atoms with Gasteiger partial charge in [0, 0.05) is 41.0 Å². The van der Waals surface area contributed by atoms with E-state index in [-0.39, 0.29) is 0 Å². The highest BCUT2D eigenvalue weighted by molar-refractivity contribution is 5.77. The van der Waals surface area contributed by atoms with Crippen molar-refractivity contribution in [1.29, 1.82) is 0 Å². The number of rotatable bonds is 42. The van der Waals surface area contributed by atoms with Gasteiger partial charge in [-0.25, -0.2) is 4.79 Å². The van der Waals surface area contributed by atoms with Gasteiger partial charge in [-0.15, -0.1) is 0 Å². The van der Waals surface area contributed by atoms with Crippen molar-refractivity contribution in [3.63, 3.8) is 0 Å². The summed E-state index contributed by atoms with van der Waals surface area (Å²) < 4.78 is 119. The second-order valence-electron chi connectivity index (χ2n) is 35.7. The molecule has 0 saturated carbocycles. The standard InChI is InChI=1S/C79H133N5O58/c1-19-41(102)52(113)56(117)72(125-19)123-17-28(101)60(42(103)25(8-85)80-20(2)94)134-69-38(82-22(4)96)49(110)62(34(15-92)130-69)136-74-58(119)65(48(109)36(133-74)18-124-76-67(54(115)45(106)30(11-88)128-76)139-70-39(83-23(5)97)50(111)61(33(14-91)131-70)135-73-57(118)53(114)44(105)29(10-87)126-73)138-77-68(55(116)46(107)31(12-89)129-77)140-71-40(84-24(6)98)51(112)63(35(16-93)132-71)137-75-59(120)66(47(108)32(13-90)127-75)142-79(78(121)122)7-26(99)37(81-21(3)95)64(141-79)43(104)27(100)9-86/h19,25-77,85-93,99-120H,7-18H2,1-6H3,(H,80,94)(H,81,95)(H,82,96)(H,83,97)(H,84,98)(H,121,122)/t19-,25-,26-,27+,28+,29+,30+,31+,32+,33+,34+,35+,36+,37+,38+,39+,40+,41+,42+,43+,44-,45+,46+,47-,48+,49+,50+,51+,52+,53-,54-,55-,56-,57+,58-,59+,60+,61+,62+,63+,64+,65-,66-,67-,68-,69?,70?,71?,72?,73?,74?,75?,76?,77?,79?/m0/s1. The monoisotopic (exact) mass is 2080 g/mol. The molecule has 10 unspecified atom stereocenters. The van der Waals surface area contributed by atoms with E-state index >= 15 is 0 Å². The fourth-order valence-electron chi connectivity index (χ4n) is 18.0. The SMILES string of the molecule is CC(=O)N[C@H]1[C@H]([C@H](O)[C@H](O)CO)OC(O[C@H]2[C@@H](O)[C@@H](CO)OC(O[C@H]3[C@H](O)[C@@H](NC(C)=O)C(O[C@@H]4C(O[C@H]5[C@H](O)[C@@H](COC6O[C@H](CO)[C@@H](O)[C@H](O)[C@@H]6OC6O[C@H](CO)[C@@H](OC7O[C@H](CO)[C@H](O)[C@H](O)[C@H]7O)[C@H](O)[C@H]6NC(C)=O)OC(O[C@H]6[C@H](O)[C@@H](NC(C)=O)C(O[C@@H]([C@H](O)[C@H](CO)NC(C)=O)[C@H](O)COC7O[C@@H](C)[C@@H](O)[C@@H](O)[C@@H]7O)O[C@@H]6CO)[C@H]5O)O[C@H](CO)[C@@H](O)[C@@H]4O)O[C@@H]3CO)[C@@H]2O)(C(=O)O)C[C@@H]1O. The van der Waals surface area contributed by atoms with Crippen molar-refractivity contribution in [2.24, 2.45) is 0 Å². The van der Waals surface area contributed by atoms with Gasteiger partial charge in [0.1, 0.15) is 250 Å². The van der Waals surface area contributed by atoms with Crippen LogP contribution in [-0.4, -0.2) is 608 Å². The number of ether oxygens (including phenoxy) is 20. The van der Waals surface area contributed by atoms with Gasteiger partial charge in [-0.2, -0.15) is 0 Å². The number of amides is 5. The second-order valence-corrected chi connectivity index (χ2v) is 35.7. The van der Waals surface area contributed by atoms with Crippen LogP contribution in [0.25, 0.3) is 0 Å². The van der Waals surface area contributed by atoms with Crippen molar-refractivity contribution in [1.82, 2.24) is 26.6 Å². The van der Waals surface area contributed by atoms with Crippen LogP contribution in [-0.2, 0) is 124 Å². The first-order chi connectivity index (χ1) is 66.9. The predicted molar refractivity (Wildman–Crippen MR) is 438 cm³/mol. The molecule has 0 aromatic rings. The van der Waals surface area contributed by atoms with Crippen LogP contribution < -0.4 is 26.6 Å². The molecular weight excluding hydrogens is 1950 g/mol. The van der Waals surface area contributed by atoms with Crippen molar-refractivity contribution in [2.45, 2.75) is 385 Å². The lowest BCUT2D eigenvalue weighted by Crippen LogP contribution is -2.71. The molecule has 0 spiro atoms. The molecule has 63 nitrogen and oxygen atoms in total. The van der Waals surface area contributed by atoms with E-state index in [1.165, 1.54) is 6.92 Å². The first kappa shape index (κ1) is 119. The molecular formula is C79H133N5O58. The van der Waals surface area contributed by atoms with Gasteiger partial charge in [-0.1, -0.05) is 0 Å². The highest BCUT2D eigenvalue weighted by atomic mass is 16.8. The van der Waals surface area contributed by atoms with E-state index in [4.69, 9.17) is 94.7 Å².